The molecule has 2 heterocycles. The van der Waals surface area contributed by atoms with Crippen molar-refractivity contribution in [2.75, 3.05) is 0 Å². The Bertz CT molecular complexity index is 631. The summed E-state index contributed by atoms with van der Waals surface area (Å²) in [5, 5.41) is 3.92. The summed E-state index contributed by atoms with van der Waals surface area (Å²) in [5.41, 5.74) is 8.06. The highest BCUT2D eigenvalue weighted by Crippen LogP contribution is 2.18. The van der Waals surface area contributed by atoms with Gasteiger partial charge in [0.15, 0.2) is 0 Å². The summed E-state index contributed by atoms with van der Waals surface area (Å²) in [6, 6.07) is 13.5. The van der Waals surface area contributed by atoms with Gasteiger partial charge in [-0.05, 0) is 24.1 Å². The third-order valence-electron chi connectivity index (χ3n) is 2.90. The quantitative estimate of drug-likeness (QED) is 0.748. The van der Waals surface area contributed by atoms with Crippen molar-refractivity contribution in [2.24, 2.45) is 5.73 Å². The Balaban J connectivity index is 1.76. The van der Waals surface area contributed by atoms with Crippen LogP contribution in [-0.4, -0.2) is 15.1 Å². The van der Waals surface area contributed by atoms with Crippen LogP contribution in [0.15, 0.2) is 53.2 Å². The van der Waals surface area contributed by atoms with Crippen molar-refractivity contribution in [1.29, 1.82) is 0 Å². The van der Waals surface area contributed by atoms with Gasteiger partial charge in [0.1, 0.15) is 0 Å². The predicted molar refractivity (Wildman–Crippen MR) is 71.2 cm³/mol. The second kappa shape index (κ2) is 5.07. The smallest absolute Gasteiger partial charge is 0.244 e. The van der Waals surface area contributed by atoms with Crippen molar-refractivity contribution in [3.63, 3.8) is 0 Å². The minimum absolute atomic E-state index is 0.293. The van der Waals surface area contributed by atoms with Gasteiger partial charge in [-0.15, -0.1) is 0 Å². The molecule has 0 saturated carbocycles. The van der Waals surface area contributed by atoms with Gasteiger partial charge < -0.3 is 15.2 Å². The first-order chi connectivity index (χ1) is 9.33. The number of hydrogen-bond donors (Lipinski definition) is 2. The van der Waals surface area contributed by atoms with Crippen LogP contribution in [0.2, 0.25) is 0 Å². The van der Waals surface area contributed by atoms with E-state index in [2.05, 4.69) is 15.1 Å². The number of H-pyrrole nitrogens is 1. The number of aromatic amines is 1. The van der Waals surface area contributed by atoms with Crippen LogP contribution in [0.5, 0.6) is 0 Å². The molecule has 1 unspecified atom stereocenters. The van der Waals surface area contributed by atoms with Gasteiger partial charge in [0.25, 0.3) is 0 Å². The molecular weight excluding hydrogens is 240 g/mol. The number of nitrogens with one attached hydrogen (secondary N) is 1. The molecule has 0 radical (unpaired) electrons. The van der Waals surface area contributed by atoms with Crippen LogP contribution >= 0.6 is 0 Å². The number of nitrogens with two attached hydrogens (primary N) is 1. The van der Waals surface area contributed by atoms with Crippen molar-refractivity contribution in [3.05, 3.63) is 60.1 Å². The molecule has 3 aromatic rings. The Morgan fingerprint density at radius 3 is 2.74 bits per heavy atom. The van der Waals surface area contributed by atoms with Crippen LogP contribution in [0, 0.1) is 0 Å². The van der Waals surface area contributed by atoms with Crippen molar-refractivity contribution in [3.8, 4) is 11.5 Å². The van der Waals surface area contributed by atoms with E-state index in [9.17, 15) is 0 Å². The number of benzene rings is 1. The first-order valence-corrected chi connectivity index (χ1v) is 6.10. The fourth-order valence-corrected chi connectivity index (χ4v) is 1.92. The second-order valence-electron chi connectivity index (χ2n) is 4.34. The van der Waals surface area contributed by atoms with Crippen molar-refractivity contribution in [1.82, 2.24) is 15.1 Å². The molecule has 5 heteroatoms. The average molecular weight is 254 g/mol. The van der Waals surface area contributed by atoms with Crippen LogP contribution in [0.3, 0.4) is 0 Å². The van der Waals surface area contributed by atoms with E-state index >= 15 is 0 Å². The zero-order valence-corrected chi connectivity index (χ0v) is 10.3. The minimum Gasteiger partial charge on any atom is -0.359 e. The van der Waals surface area contributed by atoms with Gasteiger partial charge in [-0.25, -0.2) is 0 Å². The average Bonchev–Trinajstić information content (AvgIpc) is 3.11. The highest BCUT2D eigenvalue weighted by molar-refractivity contribution is 5.47. The molecule has 2 aromatic heterocycles. The minimum atomic E-state index is -0.293. The first kappa shape index (κ1) is 11.7. The van der Waals surface area contributed by atoms with E-state index in [1.807, 2.05) is 48.7 Å². The maximum absolute atomic E-state index is 6.09. The summed E-state index contributed by atoms with van der Waals surface area (Å²) < 4.78 is 5.22. The summed E-state index contributed by atoms with van der Waals surface area (Å²) in [7, 11) is 0. The number of nitrogens with zero attached hydrogens (tertiary/aromatic N) is 2. The molecule has 1 atom stereocenters. The largest absolute Gasteiger partial charge is 0.359 e. The standard InChI is InChI=1S/C14H14N4O/c15-11(9-10-5-2-1-3-6-10)14-17-13(18-19-14)12-7-4-8-16-12/h1-8,11,16H,9,15H2. The topological polar surface area (TPSA) is 80.7 Å². The molecule has 5 nitrogen and oxygen atoms in total. The SMILES string of the molecule is NC(Cc1ccccc1)c1nc(-c2ccc[nH]2)no1. The Labute approximate surface area is 110 Å². The summed E-state index contributed by atoms with van der Waals surface area (Å²) in [6.45, 7) is 0. The molecule has 3 rings (SSSR count). The molecule has 0 spiro atoms. The van der Waals surface area contributed by atoms with Gasteiger partial charge in [0, 0.05) is 6.20 Å². The Hall–Kier alpha value is -2.40. The van der Waals surface area contributed by atoms with Crippen molar-refractivity contribution in [2.45, 2.75) is 12.5 Å². The van der Waals surface area contributed by atoms with E-state index in [4.69, 9.17) is 10.3 Å². The molecule has 1 aromatic carbocycles. The molecule has 0 amide bonds. The molecule has 0 aliphatic rings. The second-order valence-corrected chi connectivity index (χ2v) is 4.34. The molecule has 96 valence electrons. The lowest BCUT2D eigenvalue weighted by Gasteiger charge is -2.05. The zero-order valence-electron chi connectivity index (χ0n) is 10.3. The van der Waals surface area contributed by atoms with Gasteiger partial charge in [-0.2, -0.15) is 4.98 Å². The molecule has 0 bridgehead atoms. The maximum atomic E-state index is 6.09. The van der Waals surface area contributed by atoms with Crippen LogP contribution in [0.1, 0.15) is 17.5 Å². The number of hydrogen-bond acceptors (Lipinski definition) is 4. The zero-order chi connectivity index (χ0) is 13.1. The Morgan fingerprint density at radius 2 is 2.00 bits per heavy atom. The molecule has 0 aliphatic carbocycles. The molecule has 0 aliphatic heterocycles. The van der Waals surface area contributed by atoms with Crippen LogP contribution < -0.4 is 5.73 Å². The monoisotopic (exact) mass is 254 g/mol. The number of aromatic nitrogens is 3. The molecule has 3 N–H and O–H groups in total. The fourth-order valence-electron chi connectivity index (χ4n) is 1.92. The summed E-state index contributed by atoms with van der Waals surface area (Å²) in [6.07, 6.45) is 2.49. The third kappa shape index (κ3) is 2.56. The van der Waals surface area contributed by atoms with Gasteiger partial charge in [0.05, 0.1) is 11.7 Å². The van der Waals surface area contributed by atoms with Crippen molar-refractivity contribution < 1.29 is 4.52 Å². The summed E-state index contributed by atoms with van der Waals surface area (Å²) >= 11 is 0. The molecular formula is C14H14N4O. The third-order valence-corrected chi connectivity index (χ3v) is 2.90. The molecule has 0 fully saturated rings. The van der Waals surface area contributed by atoms with E-state index in [0.717, 1.165) is 11.3 Å². The summed E-state index contributed by atoms with van der Waals surface area (Å²) in [4.78, 5) is 7.34. The van der Waals surface area contributed by atoms with E-state index in [0.29, 0.717) is 18.1 Å². The summed E-state index contributed by atoms with van der Waals surface area (Å²) in [5.74, 6) is 0.983. The Morgan fingerprint density at radius 1 is 1.16 bits per heavy atom. The fraction of sp³-hybridized carbons (Fsp3) is 0.143. The first-order valence-electron chi connectivity index (χ1n) is 6.10. The van der Waals surface area contributed by atoms with Gasteiger partial charge in [0.2, 0.25) is 11.7 Å². The number of rotatable bonds is 4. The highest BCUT2D eigenvalue weighted by Gasteiger charge is 2.16. The van der Waals surface area contributed by atoms with Gasteiger partial charge in [-0.1, -0.05) is 35.5 Å². The molecule has 19 heavy (non-hydrogen) atoms. The van der Waals surface area contributed by atoms with Crippen LogP contribution in [0.25, 0.3) is 11.5 Å². The van der Waals surface area contributed by atoms with E-state index < -0.39 is 0 Å². The normalized spacial score (nSPS) is 12.5. The van der Waals surface area contributed by atoms with E-state index in [-0.39, 0.29) is 6.04 Å². The maximum Gasteiger partial charge on any atom is 0.244 e. The highest BCUT2D eigenvalue weighted by atomic mass is 16.5. The van der Waals surface area contributed by atoms with Crippen LogP contribution in [0.4, 0.5) is 0 Å². The lowest BCUT2D eigenvalue weighted by atomic mass is 10.1. The lowest BCUT2D eigenvalue weighted by molar-refractivity contribution is 0.354. The lowest BCUT2D eigenvalue weighted by Crippen LogP contribution is -2.13. The van der Waals surface area contributed by atoms with Crippen LogP contribution in [-0.2, 0) is 6.42 Å². The van der Waals surface area contributed by atoms with Gasteiger partial charge in [-0.3, -0.25) is 0 Å². The Kier molecular flexibility index (Phi) is 3.12. The molecule has 0 saturated heterocycles. The van der Waals surface area contributed by atoms with Gasteiger partial charge >= 0.3 is 0 Å². The van der Waals surface area contributed by atoms with E-state index in [1.54, 1.807) is 0 Å². The van der Waals surface area contributed by atoms with E-state index in [1.165, 1.54) is 0 Å². The van der Waals surface area contributed by atoms with Crippen molar-refractivity contribution >= 4 is 0 Å². The predicted octanol–water partition coefficient (Wildman–Crippen LogP) is 2.31.